The first kappa shape index (κ1) is 31.6. The van der Waals surface area contributed by atoms with Crippen LogP contribution in [0.5, 0.6) is 0 Å². The monoisotopic (exact) mass is 734 g/mol. The molecule has 0 saturated heterocycles. The first-order chi connectivity index (χ1) is 25.7. The van der Waals surface area contributed by atoms with E-state index in [-0.39, 0.29) is 0 Å². The minimum Gasteiger partial charge on any atom is -0.353 e. The van der Waals surface area contributed by atoms with Crippen molar-refractivity contribution in [2.75, 3.05) is 0 Å². The van der Waals surface area contributed by atoms with E-state index in [4.69, 9.17) is 9.97 Å². The molecule has 242 valence electrons. The summed E-state index contributed by atoms with van der Waals surface area (Å²) in [7, 11) is 0. The molecule has 52 heavy (non-hydrogen) atoms. The van der Waals surface area contributed by atoms with Gasteiger partial charge in [0.05, 0.1) is 86.6 Å². The van der Waals surface area contributed by atoms with Crippen LogP contribution in [0.3, 0.4) is 0 Å². The van der Waals surface area contributed by atoms with E-state index in [0.717, 1.165) is 86.6 Å². The van der Waals surface area contributed by atoms with E-state index in [1.807, 2.05) is 119 Å². The Labute approximate surface area is 316 Å². The van der Waals surface area contributed by atoms with E-state index in [1.54, 1.807) is 45.3 Å². The number of thiophene rings is 4. The van der Waals surface area contributed by atoms with Gasteiger partial charge in [-0.05, 0) is 94.4 Å². The fraction of sp³-hybridized carbons (Fsp3) is 0. The van der Waals surface area contributed by atoms with E-state index in [2.05, 4.69) is 57.3 Å². The predicted octanol–water partition coefficient (Wildman–Crippen LogP) is 10.5. The fourth-order valence-electron chi connectivity index (χ4n) is 5.63. The van der Waals surface area contributed by atoms with Crippen LogP contribution in [0.2, 0.25) is 0 Å². The number of H-pyrrole nitrogens is 2. The Morgan fingerprint density at radius 1 is 0.346 bits per heavy atom. The van der Waals surface area contributed by atoms with Crippen molar-refractivity contribution in [1.82, 2.24) is 19.9 Å². The Hall–Kier alpha value is -6.36. The van der Waals surface area contributed by atoms with Crippen LogP contribution in [-0.4, -0.2) is 19.9 Å². The first-order valence-corrected chi connectivity index (χ1v) is 19.6. The minimum absolute atomic E-state index is 0.746. The van der Waals surface area contributed by atoms with Gasteiger partial charge in [0.25, 0.3) is 0 Å². The van der Waals surface area contributed by atoms with Gasteiger partial charge in [-0.15, -0.1) is 45.3 Å². The lowest BCUT2D eigenvalue weighted by Crippen LogP contribution is -1.89. The number of nitrogens with zero attached hydrogens (tertiary/aromatic N) is 2. The summed E-state index contributed by atoms with van der Waals surface area (Å²) in [5.74, 6) is 27.2. The van der Waals surface area contributed by atoms with Crippen molar-refractivity contribution in [3.8, 4) is 47.4 Å². The molecule has 9 rings (SSSR count). The van der Waals surface area contributed by atoms with Crippen molar-refractivity contribution in [3.63, 3.8) is 0 Å². The van der Waals surface area contributed by atoms with Gasteiger partial charge in [0, 0.05) is 0 Å². The molecule has 0 aliphatic carbocycles. The molecule has 9 heterocycles. The third kappa shape index (κ3) is 6.60. The van der Waals surface area contributed by atoms with E-state index in [9.17, 15) is 0 Å². The van der Waals surface area contributed by atoms with Crippen molar-refractivity contribution >= 4 is 91.7 Å². The molecule has 7 aromatic rings. The topological polar surface area (TPSA) is 57.4 Å². The number of fused-ring (bicyclic) bond motifs is 8. The molecule has 7 aromatic heterocycles. The summed E-state index contributed by atoms with van der Waals surface area (Å²) in [5, 5.41) is 8.12. The highest BCUT2D eigenvalue weighted by atomic mass is 32.1. The molecule has 0 aromatic carbocycles. The van der Waals surface area contributed by atoms with Crippen LogP contribution >= 0.6 is 45.3 Å². The summed E-state index contributed by atoms with van der Waals surface area (Å²) in [4.78, 5) is 21.5. The minimum atomic E-state index is 0.746. The highest BCUT2D eigenvalue weighted by Gasteiger charge is 2.14. The van der Waals surface area contributed by atoms with E-state index >= 15 is 0 Å². The van der Waals surface area contributed by atoms with Crippen molar-refractivity contribution < 1.29 is 0 Å². The molecule has 0 unspecified atom stereocenters. The molecule has 0 radical (unpaired) electrons. The van der Waals surface area contributed by atoms with Crippen molar-refractivity contribution in [2.24, 2.45) is 0 Å². The highest BCUT2D eigenvalue weighted by Crippen LogP contribution is 2.27. The van der Waals surface area contributed by atoms with Gasteiger partial charge in [-0.25, -0.2) is 9.97 Å². The van der Waals surface area contributed by atoms with Crippen LogP contribution in [0.1, 0.15) is 64.5 Å². The van der Waals surface area contributed by atoms with E-state index < -0.39 is 0 Å². The molecular weight excluding hydrogens is 713 g/mol. The average molecular weight is 735 g/mol. The second-order valence-corrected chi connectivity index (χ2v) is 15.2. The Bertz CT molecular complexity index is 2560. The number of hydrogen-bond acceptors (Lipinski definition) is 6. The van der Waals surface area contributed by atoms with Gasteiger partial charge in [0.1, 0.15) is 0 Å². The lowest BCUT2D eigenvalue weighted by Gasteiger charge is -1.97. The number of aromatic nitrogens is 4. The van der Waals surface area contributed by atoms with E-state index in [1.165, 1.54) is 0 Å². The maximum atomic E-state index is 5.17. The molecule has 8 bridgehead atoms. The zero-order valence-corrected chi connectivity index (χ0v) is 30.3. The summed E-state index contributed by atoms with van der Waals surface area (Å²) in [6.07, 6.45) is 8.05. The van der Waals surface area contributed by atoms with Crippen LogP contribution in [0, 0.1) is 47.4 Å². The number of aromatic amines is 2. The van der Waals surface area contributed by atoms with Crippen LogP contribution in [-0.2, 0) is 0 Å². The Morgan fingerprint density at radius 3 is 0.846 bits per heavy atom. The third-order valence-electron chi connectivity index (χ3n) is 8.08. The Balaban J connectivity index is 1.39. The quantitative estimate of drug-likeness (QED) is 0.152. The Kier molecular flexibility index (Phi) is 8.57. The van der Waals surface area contributed by atoms with Crippen LogP contribution in [0.4, 0.5) is 0 Å². The molecule has 8 heteroatoms. The van der Waals surface area contributed by atoms with Crippen molar-refractivity contribution in [2.45, 2.75) is 0 Å². The zero-order valence-electron chi connectivity index (χ0n) is 27.1. The van der Waals surface area contributed by atoms with Gasteiger partial charge in [-0.2, -0.15) is 0 Å². The van der Waals surface area contributed by atoms with Gasteiger partial charge in [-0.1, -0.05) is 71.6 Å². The molecule has 0 atom stereocenters. The number of rotatable bonds is 0. The molecule has 2 N–H and O–H groups in total. The van der Waals surface area contributed by atoms with E-state index in [0.29, 0.717) is 0 Å². The average Bonchev–Trinajstić information content (AvgIpc) is 3.99. The van der Waals surface area contributed by atoms with Gasteiger partial charge < -0.3 is 9.97 Å². The molecule has 2 aliphatic heterocycles. The molecule has 0 saturated carbocycles. The van der Waals surface area contributed by atoms with Gasteiger partial charge in [0.15, 0.2) is 0 Å². The van der Waals surface area contributed by atoms with Gasteiger partial charge in [0.2, 0.25) is 0 Å². The highest BCUT2D eigenvalue weighted by molar-refractivity contribution is 7.11. The third-order valence-corrected chi connectivity index (χ3v) is 11.2. The molecule has 0 spiro atoms. The maximum absolute atomic E-state index is 5.17. The first-order valence-electron chi connectivity index (χ1n) is 16.1. The normalized spacial score (nSPS) is 11.1. The second-order valence-electron chi connectivity index (χ2n) is 11.4. The van der Waals surface area contributed by atoms with Crippen LogP contribution < -0.4 is 0 Å². The van der Waals surface area contributed by atoms with Crippen LogP contribution in [0.25, 0.3) is 46.4 Å². The fourth-order valence-corrected chi connectivity index (χ4v) is 7.91. The molecular formula is C44H22N4S4. The van der Waals surface area contributed by atoms with Crippen LogP contribution in [0.15, 0.2) is 94.3 Å². The second kappa shape index (κ2) is 14.1. The smallest absolute Gasteiger partial charge is 0.0815 e. The zero-order chi connectivity index (χ0) is 34.7. The Morgan fingerprint density at radius 2 is 0.615 bits per heavy atom. The van der Waals surface area contributed by atoms with Crippen molar-refractivity contribution in [1.29, 1.82) is 0 Å². The van der Waals surface area contributed by atoms with Gasteiger partial charge in [-0.3, -0.25) is 0 Å². The van der Waals surface area contributed by atoms with Gasteiger partial charge >= 0.3 is 0 Å². The SMILES string of the molecule is C(#Cc1c2nc(c(C#Cc3cccs3)c3ccc([nH]3)c(C#Cc3cccs3)c3nc(c(C#Cc4cccs4)c4ccc1[nH]4)C=C3)C=C2)c1cccs1. The standard InChI is InChI=1S/C44H22N4S4/c1-5-29(49-25-1)9-13-33-37-17-19-39(45-37)34(14-10-30-6-2-26-50-30)41-21-23-43(47-41)36(16-12-32-8-4-28-52-32)44-24-22-42(48-44)35(40-20-18-38(33)46-40)15-11-31-7-3-27-51-31/h1-8,17-28,45,48H. The largest absolute Gasteiger partial charge is 0.353 e. The number of hydrogen-bond donors (Lipinski definition) is 2. The lowest BCUT2D eigenvalue weighted by molar-refractivity contribution is 1.29. The lowest BCUT2D eigenvalue weighted by atomic mass is 10.2. The molecule has 4 nitrogen and oxygen atoms in total. The molecule has 0 amide bonds. The summed E-state index contributed by atoms with van der Waals surface area (Å²) in [5.41, 5.74) is 9.42. The summed E-state index contributed by atoms with van der Waals surface area (Å²) >= 11 is 6.43. The predicted molar refractivity (Wildman–Crippen MR) is 220 cm³/mol. The summed E-state index contributed by atoms with van der Waals surface area (Å²) < 4.78 is 0. The summed E-state index contributed by atoms with van der Waals surface area (Å²) in [6.45, 7) is 0. The summed E-state index contributed by atoms with van der Waals surface area (Å²) in [6, 6.07) is 24.3. The molecule has 0 fully saturated rings. The molecule has 2 aliphatic rings. The number of nitrogens with one attached hydrogen (secondary N) is 2. The maximum Gasteiger partial charge on any atom is 0.0815 e. The van der Waals surface area contributed by atoms with Crippen molar-refractivity contribution in [3.05, 3.63) is 159 Å².